The molecule has 1 aliphatic rings. The van der Waals surface area contributed by atoms with E-state index in [-0.39, 0.29) is 12.1 Å². The van der Waals surface area contributed by atoms with Gasteiger partial charge in [-0.1, -0.05) is 13.3 Å². The second kappa shape index (κ2) is 9.18. The molecule has 0 heterocycles. The van der Waals surface area contributed by atoms with Gasteiger partial charge in [0.05, 0.1) is 0 Å². The van der Waals surface area contributed by atoms with E-state index in [9.17, 15) is 9.59 Å². The second-order valence-corrected chi connectivity index (χ2v) is 6.80. The van der Waals surface area contributed by atoms with Gasteiger partial charge in [-0.05, 0) is 50.0 Å². The predicted octanol–water partition coefficient (Wildman–Crippen LogP) is 2.80. The molecule has 0 aromatic heterocycles. The van der Waals surface area contributed by atoms with Crippen LogP contribution < -0.4 is 5.32 Å². The van der Waals surface area contributed by atoms with Crippen LogP contribution in [0.4, 0.5) is 4.79 Å². The summed E-state index contributed by atoms with van der Waals surface area (Å²) in [6.07, 6.45) is 7.95. The maximum Gasteiger partial charge on any atom is 0.326 e. The molecular weight excluding hydrogens is 288 g/mol. The number of urea groups is 1. The molecule has 1 saturated carbocycles. The van der Waals surface area contributed by atoms with Gasteiger partial charge in [-0.15, -0.1) is 0 Å². The Bertz CT molecular complexity index is 344. The highest BCUT2D eigenvalue weighted by Gasteiger charge is 2.28. The Balaban J connectivity index is 2.47. The third-order valence-corrected chi connectivity index (χ3v) is 5.11. The van der Waals surface area contributed by atoms with E-state index in [0.29, 0.717) is 6.42 Å². The Morgan fingerprint density at radius 1 is 1.33 bits per heavy atom. The number of carbonyl (C=O) groups is 2. The molecule has 122 valence electrons. The van der Waals surface area contributed by atoms with E-state index < -0.39 is 12.0 Å². The summed E-state index contributed by atoms with van der Waals surface area (Å²) < 4.78 is 0. The van der Waals surface area contributed by atoms with Crippen molar-refractivity contribution >= 4 is 23.8 Å². The highest BCUT2D eigenvalue weighted by molar-refractivity contribution is 7.98. The maximum absolute atomic E-state index is 12.2. The number of thioether (sulfide) groups is 1. The van der Waals surface area contributed by atoms with Crippen LogP contribution in [-0.4, -0.2) is 53.1 Å². The lowest BCUT2D eigenvalue weighted by molar-refractivity contribution is -0.139. The number of aliphatic carboxylic acids is 1. The van der Waals surface area contributed by atoms with Crippen molar-refractivity contribution in [1.82, 2.24) is 10.2 Å². The summed E-state index contributed by atoms with van der Waals surface area (Å²) in [4.78, 5) is 25.1. The van der Waals surface area contributed by atoms with Crippen molar-refractivity contribution in [3.8, 4) is 0 Å². The quantitative estimate of drug-likeness (QED) is 0.758. The van der Waals surface area contributed by atoms with Gasteiger partial charge in [0, 0.05) is 13.1 Å². The molecule has 0 spiro atoms. The van der Waals surface area contributed by atoms with Crippen molar-refractivity contribution in [3.05, 3.63) is 0 Å². The third kappa shape index (κ3) is 5.77. The number of rotatable bonds is 7. The number of carbonyl (C=O) groups excluding carboxylic acids is 1. The van der Waals surface area contributed by atoms with Crippen molar-refractivity contribution in [2.45, 2.75) is 57.5 Å². The fourth-order valence-corrected chi connectivity index (χ4v) is 3.32. The summed E-state index contributed by atoms with van der Waals surface area (Å²) in [5.41, 5.74) is 0. The Morgan fingerprint density at radius 2 is 1.95 bits per heavy atom. The second-order valence-electron chi connectivity index (χ2n) is 5.82. The molecule has 2 amide bonds. The Morgan fingerprint density at radius 3 is 2.43 bits per heavy atom. The van der Waals surface area contributed by atoms with E-state index >= 15 is 0 Å². The summed E-state index contributed by atoms with van der Waals surface area (Å²) in [5, 5.41) is 11.8. The average Bonchev–Trinajstić information content (AvgIpc) is 2.50. The van der Waals surface area contributed by atoms with Crippen LogP contribution in [0.25, 0.3) is 0 Å². The molecule has 1 rings (SSSR count). The summed E-state index contributed by atoms with van der Waals surface area (Å²) in [5.74, 6) is 0.550. The minimum Gasteiger partial charge on any atom is -0.480 e. The summed E-state index contributed by atoms with van der Waals surface area (Å²) in [6, 6.07) is -0.814. The molecule has 5 nitrogen and oxygen atoms in total. The lowest BCUT2D eigenvalue weighted by Gasteiger charge is -2.35. The molecule has 1 fully saturated rings. The van der Waals surface area contributed by atoms with E-state index in [1.54, 1.807) is 23.7 Å². The van der Waals surface area contributed by atoms with Crippen LogP contribution in [0.1, 0.15) is 45.4 Å². The van der Waals surface area contributed by atoms with E-state index in [0.717, 1.165) is 37.4 Å². The van der Waals surface area contributed by atoms with Crippen molar-refractivity contribution in [2.24, 2.45) is 5.92 Å². The van der Waals surface area contributed by atoms with E-state index in [2.05, 4.69) is 12.2 Å². The Kier molecular flexibility index (Phi) is 7.93. The molecule has 0 aliphatic heterocycles. The molecule has 0 aromatic carbocycles. The SMILES string of the molecule is CCC1CCC(N(C)C(=O)N[C@H](CCSC)C(=O)O)CC1. The number of nitrogens with zero attached hydrogens (tertiary/aromatic N) is 1. The van der Waals surface area contributed by atoms with Crippen molar-refractivity contribution in [1.29, 1.82) is 0 Å². The lowest BCUT2D eigenvalue weighted by Crippen LogP contribution is -2.50. The van der Waals surface area contributed by atoms with Gasteiger partial charge >= 0.3 is 12.0 Å². The van der Waals surface area contributed by atoms with Crippen LogP contribution in [0, 0.1) is 5.92 Å². The first-order chi connectivity index (χ1) is 9.99. The lowest BCUT2D eigenvalue weighted by atomic mass is 9.84. The number of hydrogen-bond donors (Lipinski definition) is 2. The number of amides is 2. The van der Waals surface area contributed by atoms with Crippen molar-refractivity contribution in [3.63, 3.8) is 0 Å². The minimum absolute atomic E-state index is 0.239. The summed E-state index contributed by atoms with van der Waals surface area (Å²) in [6.45, 7) is 2.21. The van der Waals surface area contributed by atoms with E-state index in [1.807, 2.05) is 6.26 Å². The number of carboxylic acids is 1. The molecule has 0 aromatic rings. The first-order valence-electron chi connectivity index (χ1n) is 7.74. The van der Waals surface area contributed by atoms with Crippen LogP contribution in [0.5, 0.6) is 0 Å². The van der Waals surface area contributed by atoms with Gasteiger partial charge in [-0.2, -0.15) is 11.8 Å². The molecule has 0 unspecified atom stereocenters. The van der Waals surface area contributed by atoms with Crippen molar-refractivity contribution in [2.75, 3.05) is 19.1 Å². The van der Waals surface area contributed by atoms with Crippen molar-refractivity contribution < 1.29 is 14.7 Å². The van der Waals surface area contributed by atoms with Crippen LogP contribution >= 0.6 is 11.8 Å². The highest BCUT2D eigenvalue weighted by Crippen LogP contribution is 2.28. The van der Waals surface area contributed by atoms with Crippen LogP contribution in [0.2, 0.25) is 0 Å². The monoisotopic (exact) mass is 316 g/mol. The van der Waals surface area contributed by atoms with Gasteiger partial charge in [0.2, 0.25) is 0 Å². The topological polar surface area (TPSA) is 69.6 Å². The molecule has 1 aliphatic carbocycles. The largest absolute Gasteiger partial charge is 0.480 e. The van der Waals surface area contributed by atoms with E-state index in [1.165, 1.54) is 6.42 Å². The predicted molar refractivity (Wildman–Crippen MR) is 86.8 cm³/mol. The smallest absolute Gasteiger partial charge is 0.326 e. The third-order valence-electron chi connectivity index (χ3n) is 4.47. The Hall–Kier alpha value is -0.910. The minimum atomic E-state index is -0.958. The summed E-state index contributed by atoms with van der Waals surface area (Å²) in [7, 11) is 1.78. The zero-order valence-corrected chi connectivity index (χ0v) is 14.1. The molecule has 21 heavy (non-hydrogen) atoms. The average molecular weight is 316 g/mol. The number of nitrogens with one attached hydrogen (secondary N) is 1. The fourth-order valence-electron chi connectivity index (χ4n) is 2.85. The van der Waals surface area contributed by atoms with Gasteiger partial charge in [0.1, 0.15) is 6.04 Å². The van der Waals surface area contributed by atoms with E-state index in [4.69, 9.17) is 5.11 Å². The maximum atomic E-state index is 12.2. The molecule has 6 heteroatoms. The van der Waals surface area contributed by atoms with Gasteiger partial charge in [0.15, 0.2) is 0 Å². The van der Waals surface area contributed by atoms with Gasteiger partial charge in [-0.25, -0.2) is 9.59 Å². The normalized spacial score (nSPS) is 23.4. The van der Waals surface area contributed by atoms with Crippen LogP contribution in [-0.2, 0) is 4.79 Å². The molecular formula is C15H28N2O3S. The first kappa shape index (κ1) is 18.1. The Labute approximate surface area is 131 Å². The number of hydrogen-bond acceptors (Lipinski definition) is 3. The van der Waals surface area contributed by atoms with Crippen LogP contribution in [0.15, 0.2) is 0 Å². The van der Waals surface area contributed by atoms with Gasteiger partial charge in [-0.3, -0.25) is 0 Å². The molecule has 0 bridgehead atoms. The zero-order valence-electron chi connectivity index (χ0n) is 13.3. The molecule has 1 atom stereocenters. The summed E-state index contributed by atoms with van der Waals surface area (Å²) >= 11 is 1.59. The van der Waals surface area contributed by atoms with Gasteiger partial charge in [0.25, 0.3) is 0 Å². The number of carboxylic acid groups (broad SMARTS) is 1. The molecule has 0 radical (unpaired) electrons. The standard InChI is InChI=1S/C15H28N2O3S/c1-4-11-5-7-12(8-6-11)17(2)15(20)16-13(14(18)19)9-10-21-3/h11-13H,4-10H2,1-3H3,(H,16,20)(H,18,19)/t11?,12?,13-/m1/s1. The van der Waals surface area contributed by atoms with Gasteiger partial charge < -0.3 is 15.3 Å². The fraction of sp³-hybridized carbons (Fsp3) is 0.867. The molecule has 0 saturated heterocycles. The highest BCUT2D eigenvalue weighted by atomic mass is 32.2. The zero-order chi connectivity index (χ0) is 15.8. The van der Waals surface area contributed by atoms with Crippen LogP contribution in [0.3, 0.4) is 0 Å². The first-order valence-corrected chi connectivity index (χ1v) is 9.14. The molecule has 2 N–H and O–H groups in total.